The second-order valence-electron chi connectivity index (χ2n) is 11.4. The molecule has 0 aromatic carbocycles. The Labute approximate surface area is 170 Å². The maximum absolute atomic E-state index is 12.6. The molecule has 4 aliphatic carbocycles. The van der Waals surface area contributed by atoms with Gasteiger partial charge in [-0.1, -0.05) is 26.0 Å². The van der Waals surface area contributed by atoms with Crippen molar-refractivity contribution < 1.29 is 9.90 Å². The molecule has 3 nitrogen and oxygen atoms in total. The SMILES string of the molecule is C[C@]12CC[C@H]3[C@@H](CC[C@@]4(O)C[C@H](/C=C\[C@H]5CCNC5)CC[C@]34C)[C@@H]1CCC2=O. The zero-order valence-corrected chi connectivity index (χ0v) is 17.9. The van der Waals surface area contributed by atoms with Gasteiger partial charge < -0.3 is 10.4 Å². The monoisotopic (exact) mass is 385 g/mol. The maximum Gasteiger partial charge on any atom is 0.139 e. The number of carbonyl (C=O) groups is 1. The third-order valence-corrected chi connectivity index (χ3v) is 10.3. The van der Waals surface area contributed by atoms with Crippen LogP contribution in [-0.4, -0.2) is 29.6 Å². The molecule has 1 aliphatic heterocycles. The molecule has 1 heterocycles. The van der Waals surface area contributed by atoms with Gasteiger partial charge in [0.05, 0.1) is 5.60 Å². The lowest BCUT2D eigenvalue weighted by Crippen LogP contribution is -2.62. The second kappa shape index (κ2) is 6.67. The van der Waals surface area contributed by atoms with Gasteiger partial charge in [0.25, 0.3) is 0 Å². The van der Waals surface area contributed by atoms with E-state index in [1.165, 1.54) is 12.8 Å². The van der Waals surface area contributed by atoms with Crippen LogP contribution >= 0.6 is 0 Å². The highest BCUT2D eigenvalue weighted by molar-refractivity contribution is 5.87. The van der Waals surface area contributed by atoms with Gasteiger partial charge in [0.2, 0.25) is 0 Å². The minimum absolute atomic E-state index is 0.0438. The zero-order chi connectivity index (χ0) is 19.6. The summed E-state index contributed by atoms with van der Waals surface area (Å²) in [6.45, 7) is 6.93. The zero-order valence-electron chi connectivity index (χ0n) is 17.9. The summed E-state index contributed by atoms with van der Waals surface area (Å²) in [4.78, 5) is 12.6. The van der Waals surface area contributed by atoms with E-state index in [1.54, 1.807) is 0 Å². The summed E-state index contributed by atoms with van der Waals surface area (Å²) in [6.07, 6.45) is 15.6. The molecule has 5 fully saturated rings. The van der Waals surface area contributed by atoms with E-state index in [9.17, 15) is 9.90 Å². The molecule has 2 N–H and O–H groups in total. The fraction of sp³-hybridized carbons (Fsp3) is 0.880. The Kier molecular flexibility index (Phi) is 4.60. The van der Waals surface area contributed by atoms with E-state index in [2.05, 4.69) is 31.3 Å². The fourth-order valence-corrected chi connectivity index (χ4v) is 8.38. The van der Waals surface area contributed by atoms with E-state index >= 15 is 0 Å². The predicted molar refractivity (Wildman–Crippen MR) is 112 cm³/mol. The number of fused-ring (bicyclic) bond motifs is 5. The van der Waals surface area contributed by atoms with Gasteiger partial charge in [0.1, 0.15) is 5.78 Å². The molecule has 0 spiro atoms. The van der Waals surface area contributed by atoms with Gasteiger partial charge in [-0.2, -0.15) is 0 Å². The van der Waals surface area contributed by atoms with Gasteiger partial charge in [-0.15, -0.1) is 0 Å². The maximum atomic E-state index is 12.6. The van der Waals surface area contributed by atoms with Gasteiger partial charge in [0.15, 0.2) is 0 Å². The number of Topliss-reactive ketones (excluding diaryl/α,β-unsaturated/α-hetero) is 1. The van der Waals surface area contributed by atoms with Crippen molar-refractivity contribution in [3.8, 4) is 0 Å². The number of nitrogens with one attached hydrogen (secondary N) is 1. The van der Waals surface area contributed by atoms with Gasteiger partial charge >= 0.3 is 0 Å². The van der Waals surface area contributed by atoms with Crippen molar-refractivity contribution in [2.75, 3.05) is 13.1 Å². The first-order chi connectivity index (χ1) is 13.4. The molecule has 0 amide bonds. The number of carbonyl (C=O) groups excluding carboxylic acids is 1. The average molecular weight is 386 g/mol. The van der Waals surface area contributed by atoms with Crippen LogP contribution in [0.4, 0.5) is 0 Å². The number of hydrogen-bond acceptors (Lipinski definition) is 3. The summed E-state index contributed by atoms with van der Waals surface area (Å²) in [7, 11) is 0. The lowest BCUT2D eigenvalue weighted by Gasteiger charge is -2.63. The molecule has 0 aromatic heterocycles. The number of ketones is 1. The molecule has 8 atom stereocenters. The summed E-state index contributed by atoms with van der Waals surface area (Å²) >= 11 is 0. The standard InChI is InChI=1S/C25H39NO2/c1-23-11-9-21-19(20(23)5-6-22(23)27)8-13-25(28)15-17(7-12-24(21,25)2)3-4-18-10-14-26-16-18/h3-4,17-21,26,28H,5-16H2,1-2H3/b4-3-/t17-,18+,19+,20+,21+,23+,24-,25-/m1/s1. The van der Waals surface area contributed by atoms with E-state index in [0.717, 1.165) is 64.5 Å². The summed E-state index contributed by atoms with van der Waals surface area (Å²) in [5.74, 6) is 3.60. The first-order valence-electron chi connectivity index (χ1n) is 12.0. The Bertz CT molecular complexity index is 667. The highest BCUT2D eigenvalue weighted by Gasteiger charge is 2.64. The van der Waals surface area contributed by atoms with Crippen LogP contribution in [-0.2, 0) is 4.79 Å². The largest absolute Gasteiger partial charge is 0.389 e. The van der Waals surface area contributed by atoms with E-state index in [-0.39, 0.29) is 10.8 Å². The Hall–Kier alpha value is -0.670. The van der Waals surface area contributed by atoms with Gasteiger partial charge in [0, 0.05) is 18.4 Å². The van der Waals surface area contributed by atoms with Crippen LogP contribution in [0.3, 0.4) is 0 Å². The molecule has 3 heteroatoms. The van der Waals surface area contributed by atoms with Crippen molar-refractivity contribution in [1.82, 2.24) is 5.32 Å². The normalized spacial score (nSPS) is 53.8. The van der Waals surface area contributed by atoms with Gasteiger partial charge in [-0.05, 0) is 99.3 Å². The summed E-state index contributed by atoms with van der Waals surface area (Å²) in [5, 5.41) is 15.3. The highest BCUT2D eigenvalue weighted by Crippen LogP contribution is 2.67. The van der Waals surface area contributed by atoms with Crippen LogP contribution in [0.1, 0.15) is 78.1 Å². The molecule has 1 saturated heterocycles. The quantitative estimate of drug-likeness (QED) is 0.688. The second-order valence-corrected chi connectivity index (χ2v) is 11.4. The predicted octanol–water partition coefficient (Wildman–Crippen LogP) is 4.50. The lowest BCUT2D eigenvalue weighted by molar-refractivity contribution is -0.207. The van der Waals surface area contributed by atoms with E-state index in [0.29, 0.717) is 35.4 Å². The average Bonchev–Trinajstić information content (AvgIpc) is 3.29. The third-order valence-electron chi connectivity index (χ3n) is 10.3. The van der Waals surface area contributed by atoms with Crippen molar-refractivity contribution >= 4 is 5.78 Å². The first kappa shape index (κ1) is 19.3. The Morgan fingerprint density at radius 2 is 1.79 bits per heavy atom. The Balaban J connectivity index is 1.34. The van der Waals surface area contributed by atoms with Crippen LogP contribution in [0.15, 0.2) is 12.2 Å². The first-order valence-corrected chi connectivity index (χ1v) is 12.0. The molecule has 0 aromatic rings. The van der Waals surface area contributed by atoms with Crippen LogP contribution in [0.2, 0.25) is 0 Å². The Morgan fingerprint density at radius 3 is 2.57 bits per heavy atom. The van der Waals surface area contributed by atoms with Crippen molar-refractivity contribution in [3.05, 3.63) is 12.2 Å². The minimum Gasteiger partial charge on any atom is -0.389 e. The summed E-state index contributed by atoms with van der Waals surface area (Å²) in [5.41, 5.74) is -0.518. The summed E-state index contributed by atoms with van der Waals surface area (Å²) in [6, 6.07) is 0. The van der Waals surface area contributed by atoms with Gasteiger partial charge in [-0.3, -0.25) is 4.79 Å². The molecule has 28 heavy (non-hydrogen) atoms. The molecule has 0 bridgehead atoms. The topological polar surface area (TPSA) is 49.3 Å². The molecule has 0 radical (unpaired) electrons. The number of hydrogen-bond donors (Lipinski definition) is 2. The van der Waals surface area contributed by atoms with E-state index < -0.39 is 5.60 Å². The molecule has 5 aliphatic rings. The van der Waals surface area contributed by atoms with Crippen molar-refractivity contribution in [2.45, 2.75) is 83.7 Å². The molecular formula is C25H39NO2. The fourth-order valence-electron chi connectivity index (χ4n) is 8.38. The van der Waals surface area contributed by atoms with Crippen molar-refractivity contribution in [1.29, 1.82) is 0 Å². The van der Waals surface area contributed by atoms with Crippen LogP contribution in [0, 0.1) is 40.4 Å². The van der Waals surface area contributed by atoms with E-state index in [1.807, 2.05) is 0 Å². The number of aliphatic hydroxyl groups is 1. The van der Waals surface area contributed by atoms with Gasteiger partial charge in [-0.25, -0.2) is 0 Å². The molecule has 5 rings (SSSR count). The van der Waals surface area contributed by atoms with Crippen molar-refractivity contribution in [3.63, 3.8) is 0 Å². The molecule has 0 unspecified atom stereocenters. The molecule has 156 valence electrons. The van der Waals surface area contributed by atoms with Crippen LogP contribution in [0.25, 0.3) is 0 Å². The van der Waals surface area contributed by atoms with Crippen molar-refractivity contribution in [2.24, 2.45) is 40.4 Å². The summed E-state index contributed by atoms with van der Waals surface area (Å²) < 4.78 is 0. The highest BCUT2D eigenvalue weighted by atomic mass is 16.3. The minimum atomic E-state index is -0.508. The Morgan fingerprint density at radius 1 is 0.964 bits per heavy atom. The number of rotatable bonds is 2. The smallest absolute Gasteiger partial charge is 0.139 e. The molecule has 4 saturated carbocycles. The number of allylic oxidation sites excluding steroid dienone is 1. The third kappa shape index (κ3) is 2.71. The molecular weight excluding hydrogens is 346 g/mol. The van der Waals surface area contributed by atoms with E-state index in [4.69, 9.17) is 0 Å². The van der Waals surface area contributed by atoms with Crippen LogP contribution in [0.5, 0.6) is 0 Å². The van der Waals surface area contributed by atoms with Crippen LogP contribution < -0.4 is 5.32 Å². The lowest BCUT2D eigenvalue weighted by atomic mass is 9.43.